The van der Waals surface area contributed by atoms with Crippen molar-refractivity contribution in [2.75, 3.05) is 20.1 Å². The minimum Gasteiger partial charge on any atom is -0.338 e. The maximum atomic E-state index is 13.0. The van der Waals surface area contributed by atoms with Crippen molar-refractivity contribution in [1.82, 2.24) is 19.6 Å². The fourth-order valence-electron chi connectivity index (χ4n) is 4.57. The Morgan fingerprint density at radius 1 is 1.18 bits per heavy atom. The Morgan fingerprint density at radius 3 is 2.64 bits per heavy atom. The molecule has 120 valence electrons. The lowest BCUT2D eigenvalue weighted by atomic mass is 10.0. The van der Waals surface area contributed by atoms with Crippen LogP contribution in [0.1, 0.15) is 43.6 Å². The van der Waals surface area contributed by atoms with Gasteiger partial charge in [0.15, 0.2) is 0 Å². The first-order valence-electron chi connectivity index (χ1n) is 8.64. The number of amides is 1. The van der Waals surface area contributed by atoms with Crippen LogP contribution in [-0.4, -0.2) is 57.7 Å². The molecular weight excluding hydrogens is 276 g/mol. The van der Waals surface area contributed by atoms with Gasteiger partial charge in [-0.1, -0.05) is 0 Å². The Hall–Kier alpha value is -1.36. The van der Waals surface area contributed by atoms with Crippen LogP contribution in [0.4, 0.5) is 0 Å². The van der Waals surface area contributed by atoms with Gasteiger partial charge < -0.3 is 9.80 Å². The van der Waals surface area contributed by atoms with Crippen LogP contribution in [0, 0.1) is 5.92 Å². The zero-order valence-electron chi connectivity index (χ0n) is 13.6. The molecule has 1 aromatic rings. The van der Waals surface area contributed by atoms with Gasteiger partial charge in [-0.3, -0.25) is 9.48 Å². The molecule has 5 heteroatoms. The quantitative estimate of drug-likeness (QED) is 0.852. The normalized spacial score (nSPS) is 35.3. The summed E-state index contributed by atoms with van der Waals surface area (Å²) in [6.45, 7) is 2.15. The molecule has 22 heavy (non-hydrogen) atoms. The molecule has 0 unspecified atom stereocenters. The van der Waals surface area contributed by atoms with E-state index in [1.807, 2.05) is 17.9 Å². The summed E-state index contributed by atoms with van der Waals surface area (Å²) in [5, 5.41) is 4.24. The van der Waals surface area contributed by atoms with Crippen molar-refractivity contribution in [1.29, 1.82) is 0 Å². The summed E-state index contributed by atoms with van der Waals surface area (Å²) in [7, 11) is 4.16. The van der Waals surface area contributed by atoms with Crippen molar-refractivity contribution >= 4 is 5.91 Å². The van der Waals surface area contributed by atoms with Gasteiger partial charge in [-0.2, -0.15) is 5.10 Å². The predicted octanol–water partition coefficient (Wildman–Crippen LogP) is 1.61. The summed E-state index contributed by atoms with van der Waals surface area (Å²) in [5.41, 5.74) is 1.23. The van der Waals surface area contributed by atoms with Crippen LogP contribution in [-0.2, 0) is 11.8 Å². The van der Waals surface area contributed by atoms with Crippen molar-refractivity contribution < 1.29 is 4.79 Å². The minimum absolute atomic E-state index is 0.205. The molecule has 0 aromatic carbocycles. The highest BCUT2D eigenvalue weighted by molar-refractivity contribution is 5.83. The van der Waals surface area contributed by atoms with Crippen molar-refractivity contribution in [2.45, 2.75) is 50.1 Å². The molecule has 1 amide bonds. The van der Waals surface area contributed by atoms with Crippen molar-refractivity contribution in [3.63, 3.8) is 0 Å². The number of carbonyl (C=O) groups excluding carboxylic acids is 1. The van der Waals surface area contributed by atoms with Crippen LogP contribution in [0.2, 0.25) is 0 Å². The van der Waals surface area contributed by atoms with Crippen molar-refractivity contribution in [3.8, 4) is 0 Å². The van der Waals surface area contributed by atoms with Crippen molar-refractivity contribution in [3.05, 3.63) is 18.0 Å². The molecule has 2 aliphatic heterocycles. The predicted molar refractivity (Wildman–Crippen MR) is 84.4 cm³/mol. The Bertz CT molecular complexity index is 569. The van der Waals surface area contributed by atoms with Gasteiger partial charge >= 0.3 is 0 Å². The van der Waals surface area contributed by atoms with E-state index >= 15 is 0 Å². The molecule has 3 fully saturated rings. The molecule has 0 N–H and O–H groups in total. The standard InChI is InChI=1S/C17H26N4O/c1-19-7-3-5-15(19)16-6-4-8-21(16)17(22)14-9-13(14)12-10-18-20(2)11-12/h10-11,13-16H,3-9H2,1-2H3/t13-,14+,15-,16+/m1/s1. The zero-order chi connectivity index (χ0) is 15.3. The number of hydrogen-bond donors (Lipinski definition) is 0. The first-order valence-corrected chi connectivity index (χ1v) is 8.64. The monoisotopic (exact) mass is 302 g/mol. The fraction of sp³-hybridized carbons (Fsp3) is 0.765. The first-order chi connectivity index (χ1) is 10.6. The molecule has 4 atom stereocenters. The van der Waals surface area contributed by atoms with Crippen LogP contribution in [0.15, 0.2) is 12.4 Å². The Balaban J connectivity index is 1.44. The van der Waals surface area contributed by atoms with Gasteiger partial charge in [-0.15, -0.1) is 0 Å². The largest absolute Gasteiger partial charge is 0.338 e. The third-order valence-electron chi connectivity index (χ3n) is 5.86. The Morgan fingerprint density at radius 2 is 1.95 bits per heavy atom. The van der Waals surface area contributed by atoms with E-state index in [2.05, 4.69) is 28.1 Å². The molecule has 5 nitrogen and oxygen atoms in total. The molecule has 1 aromatic heterocycles. The van der Waals surface area contributed by atoms with E-state index in [9.17, 15) is 4.79 Å². The maximum Gasteiger partial charge on any atom is 0.226 e. The third kappa shape index (κ3) is 2.35. The Kier molecular flexibility index (Phi) is 3.48. The van der Waals surface area contributed by atoms with Crippen LogP contribution in [0.5, 0.6) is 0 Å². The lowest BCUT2D eigenvalue weighted by Gasteiger charge is -2.33. The van der Waals surface area contributed by atoms with E-state index in [1.165, 1.54) is 37.8 Å². The zero-order valence-corrected chi connectivity index (χ0v) is 13.6. The minimum atomic E-state index is 0.205. The molecule has 3 aliphatic rings. The Labute approximate surface area is 132 Å². The number of likely N-dealkylation sites (tertiary alicyclic amines) is 2. The van der Waals surface area contributed by atoms with E-state index in [-0.39, 0.29) is 5.92 Å². The summed E-state index contributed by atoms with van der Waals surface area (Å²) in [4.78, 5) is 17.6. The van der Waals surface area contributed by atoms with Crippen LogP contribution in [0.3, 0.4) is 0 Å². The summed E-state index contributed by atoms with van der Waals surface area (Å²) in [5.74, 6) is 1.01. The van der Waals surface area contributed by atoms with E-state index in [0.29, 0.717) is 23.9 Å². The van der Waals surface area contributed by atoms with Crippen LogP contribution >= 0.6 is 0 Å². The van der Waals surface area contributed by atoms with Crippen LogP contribution < -0.4 is 0 Å². The molecular formula is C17H26N4O. The maximum absolute atomic E-state index is 13.0. The molecule has 1 saturated carbocycles. The molecule has 4 rings (SSSR count). The number of carbonyl (C=O) groups is 1. The summed E-state index contributed by atoms with van der Waals surface area (Å²) < 4.78 is 1.83. The van der Waals surface area contributed by atoms with Gasteiger partial charge in [-0.25, -0.2) is 0 Å². The van der Waals surface area contributed by atoms with E-state index in [4.69, 9.17) is 0 Å². The number of hydrogen-bond acceptors (Lipinski definition) is 3. The van der Waals surface area contributed by atoms with E-state index in [0.717, 1.165) is 13.0 Å². The summed E-state index contributed by atoms with van der Waals surface area (Å²) >= 11 is 0. The molecule has 1 aliphatic carbocycles. The topological polar surface area (TPSA) is 41.4 Å². The van der Waals surface area contributed by atoms with Crippen LogP contribution in [0.25, 0.3) is 0 Å². The first kappa shape index (κ1) is 14.2. The lowest BCUT2D eigenvalue weighted by molar-refractivity contribution is -0.134. The smallest absolute Gasteiger partial charge is 0.226 e. The number of aryl methyl sites for hydroxylation is 1. The molecule has 0 spiro atoms. The van der Waals surface area contributed by atoms with Gasteiger partial charge in [0.2, 0.25) is 5.91 Å². The molecule has 2 saturated heterocycles. The second kappa shape index (κ2) is 5.37. The second-order valence-electron chi connectivity index (χ2n) is 7.33. The highest BCUT2D eigenvalue weighted by Gasteiger charge is 2.49. The van der Waals surface area contributed by atoms with Crippen molar-refractivity contribution in [2.24, 2.45) is 13.0 Å². The average molecular weight is 302 g/mol. The number of aromatic nitrogens is 2. The highest BCUT2D eigenvalue weighted by Crippen LogP contribution is 2.49. The van der Waals surface area contributed by atoms with Gasteiger partial charge in [0.25, 0.3) is 0 Å². The SMILES string of the molecule is CN1CCC[C@@H]1[C@@H]1CCCN1C(=O)[C@H]1C[C@@H]1c1cnn(C)c1. The number of likely N-dealkylation sites (N-methyl/N-ethyl adjacent to an activating group) is 1. The average Bonchev–Trinajstić information content (AvgIpc) is 2.84. The summed E-state index contributed by atoms with van der Waals surface area (Å²) in [6, 6.07) is 1.04. The fourth-order valence-corrected chi connectivity index (χ4v) is 4.57. The van der Waals surface area contributed by atoms with Gasteiger partial charge in [-0.05, 0) is 57.2 Å². The second-order valence-corrected chi connectivity index (χ2v) is 7.33. The highest BCUT2D eigenvalue weighted by atomic mass is 16.2. The summed E-state index contributed by atoms with van der Waals surface area (Å²) in [6.07, 6.45) is 9.88. The third-order valence-corrected chi connectivity index (χ3v) is 5.86. The molecule has 0 bridgehead atoms. The van der Waals surface area contributed by atoms with E-state index < -0.39 is 0 Å². The van der Waals surface area contributed by atoms with Gasteiger partial charge in [0.1, 0.15) is 0 Å². The number of nitrogens with zero attached hydrogens (tertiary/aromatic N) is 4. The van der Waals surface area contributed by atoms with E-state index in [1.54, 1.807) is 0 Å². The number of rotatable bonds is 3. The molecule has 0 radical (unpaired) electrons. The molecule has 3 heterocycles. The van der Waals surface area contributed by atoms with Gasteiger partial charge in [0.05, 0.1) is 6.20 Å². The lowest BCUT2D eigenvalue weighted by Crippen LogP contribution is -2.47. The van der Waals surface area contributed by atoms with Gasteiger partial charge in [0, 0.05) is 37.8 Å².